The van der Waals surface area contributed by atoms with Gasteiger partial charge in [0.2, 0.25) is 0 Å². The van der Waals surface area contributed by atoms with Crippen molar-refractivity contribution >= 4 is 15.9 Å². The Morgan fingerprint density at radius 3 is 2.65 bits per heavy atom. The lowest BCUT2D eigenvalue weighted by atomic mass is 9.95. The Kier molecular flexibility index (Phi) is 3.35. The van der Waals surface area contributed by atoms with E-state index in [1.165, 1.54) is 5.56 Å². The number of halogens is 1. The van der Waals surface area contributed by atoms with E-state index < -0.39 is 0 Å². The Morgan fingerprint density at radius 1 is 1.15 bits per heavy atom. The lowest BCUT2D eigenvalue weighted by Gasteiger charge is -2.16. The fraction of sp³-hybridized carbons (Fsp3) is 0.294. The van der Waals surface area contributed by atoms with Crippen LogP contribution in [-0.4, -0.2) is 5.60 Å². The van der Waals surface area contributed by atoms with Gasteiger partial charge in [0, 0.05) is 10.9 Å². The third-order valence-electron chi connectivity index (χ3n) is 3.65. The Morgan fingerprint density at radius 2 is 1.90 bits per heavy atom. The van der Waals surface area contributed by atoms with Gasteiger partial charge in [0.1, 0.15) is 11.4 Å². The molecule has 0 spiro atoms. The third-order valence-corrected chi connectivity index (χ3v) is 4.15. The van der Waals surface area contributed by atoms with Crippen molar-refractivity contribution in [2.24, 2.45) is 5.73 Å². The first-order chi connectivity index (χ1) is 9.44. The van der Waals surface area contributed by atoms with E-state index in [9.17, 15) is 0 Å². The minimum atomic E-state index is -0.110. The summed E-state index contributed by atoms with van der Waals surface area (Å²) in [5, 5.41) is 0. The molecule has 2 aromatic carbocycles. The van der Waals surface area contributed by atoms with Crippen molar-refractivity contribution in [3.63, 3.8) is 0 Å². The number of nitrogens with two attached hydrogens (primary N) is 1. The largest absolute Gasteiger partial charge is 0.487 e. The molecule has 2 aromatic rings. The number of hydrogen-bond donors (Lipinski definition) is 1. The summed E-state index contributed by atoms with van der Waals surface area (Å²) in [6.45, 7) is 4.22. The summed E-state index contributed by atoms with van der Waals surface area (Å²) in [6, 6.07) is 14.3. The Labute approximate surface area is 128 Å². The zero-order valence-electron chi connectivity index (χ0n) is 11.7. The monoisotopic (exact) mass is 331 g/mol. The Balaban J connectivity index is 1.93. The molecule has 1 heterocycles. The van der Waals surface area contributed by atoms with E-state index in [4.69, 9.17) is 10.5 Å². The normalized spacial score (nSPS) is 17.4. The SMILES string of the molecule is CC1(C)Cc2cc(C(N)c3cccc(Br)c3)ccc2O1. The molecule has 1 unspecified atom stereocenters. The van der Waals surface area contributed by atoms with Crippen molar-refractivity contribution in [3.8, 4) is 5.75 Å². The van der Waals surface area contributed by atoms with E-state index in [1.807, 2.05) is 18.2 Å². The molecule has 20 heavy (non-hydrogen) atoms. The fourth-order valence-electron chi connectivity index (χ4n) is 2.72. The van der Waals surface area contributed by atoms with Crippen LogP contribution in [0.1, 0.15) is 36.6 Å². The molecule has 2 N–H and O–H groups in total. The average Bonchev–Trinajstić information content (AvgIpc) is 2.70. The molecule has 104 valence electrons. The molecule has 0 aliphatic carbocycles. The molecule has 3 heteroatoms. The lowest BCUT2D eigenvalue weighted by Crippen LogP contribution is -2.24. The summed E-state index contributed by atoms with van der Waals surface area (Å²) in [6.07, 6.45) is 0.932. The molecule has 0 saturated heterocycles. The zero-order chi connectivity index (χ0) is 14.3. The van der Waals surface area contributed by atoms with Gasteiger partial charge >= 0.3 is 0 Å². The first kappa shape index (κ1) is 13.7. The van der Waals surface area contributed by atoms with Crippen molar-refractivity contribution in [1.82, 2.24) is 0 Å². The molecule has 0 saturated carbocycles. The van der Waals surface area contributed by atoms with Gasteiger partial charge in [-0.2, -0.15) is 0 Å². The summed E-state index contributed by atoms with van der Waals surface area (Å²) >= 11 is 3.49. The van der Waals surface area contributed by atoms with Gasteiger partial charge in [-0.1, -0.05) is 40.2 Å². The maximum Gasteiger partial charge on any atom is 0.123 e. The van der Waals surface area contributed by atoms with Gasteiger partial charge in [0.25, 0.3) is 0 Å². The highest BCUT2D eigenvalue weighted by Crippen LogP contribution is 2.36. The quantitative estimate of drug-likeness (QED) is 0.894. The second kappa shape index (κ2) is 4.90. The predicted molar refractivity (Wildman–Crippen MR) is 85.0 cm³/mol. The van der Waals surface area contributed by atoms with Crippen LogP contribution in [0.5, 0.6) is 5.75 Å². The highest BCUT2D eigenvalue weighted by atomic mass is 79.9. The van der Waals surface area contributed by atoms with Gasteiger partial charge in [-0.25, -0.2) is 0 Å². The van der Waals surface area contributed by atoms with Crippen molar-refractivity contribution < 1.29 is 4.74 Å². The first-order valence-electron chi connectivity index (χ1n) is 6.77. The van der Waals surface area contributed by atoms with Crippen molar-refractivity contribution in [1.29, 1.82) is 0 Å². The summed E-state index contributed by atoms with van der Waals surface area (Å²) in [4.78, 5) is 0. The van der Waals surface area contributed by atoms with E-state index in [1.54, 1.807) is 0 Å². The minimum absolute atomic E-state index is 0.110. The molecule has 0 radical (unpaired) electrons. The van der Waals surface area contributed by atoms with Gasteiger partial charge < -0.3 is 10.5 Å². The number of hydrogen-bond acceptors (Lipinski definition) is 2. The van der Waals surface area contributed by atoms with E-state index in [0.717, 1.165) is 27.8 Å². The van der Waals surface area contributed by atoms with Crippen LogP contribution < -0.4 is 10.5 Å². The topological polar surface area (TPSA) is 35.2 Å². The fourth-order valence-corrected chi connectivity index (χ4v) is 3.13. The standard InChI is InChI=1S/C17H18BrNO/c1-17(2)10-13-8-12(6-7-15(13)20-17)16(19)11-4-3-5-14(18)9-11/h3-9,16H,10,19H2,1-2H3. The highest BCUT2D eigenvalue weighted by Gasteiger charge is 2.30. The van der Waals surface area contributed by atoms with Crippen LogP contribution in [0.25, 0.3) is 0 Å². The molecular formula is C17H18BrNO. The van der Waals surface area contributed by atoms with Crippen LogP contribution in [0.15, 0.2) is 46.9 Å². The summed E-state index contributed by atoms with van der Waals surface area (Å²) in [5.41, 5.74) is 9.76. The maximum absolute atomic E-state index is 6.39. The molecule has 2 nitrogen and oxygen atoms in total. The number of fused-ring (bicyclic) bond motifs is 1. The number of rotatable bonds is 2. The van der Waals surface area contributed by atoms with E-state index >= 15 is 0 Å². The molecule has 3 rings (SSSR count). The highest BCUT2D eigenvalue weighted by molar-refractivity contribution is 9.10. The molecule has 1 atom stereocenters. The molecule has 0 aromatic heterocycles. The van der Waals surface area contributed by atoms with Crippen LogP contribution in [0.4, 0.5) is 0 Å². The van der Waals surface area contributed by atoms with Crippen molar-refractivity contribution in [2.75, 3.05) is 0 Å². The maximum atomic E-state index is 6.39. The van der Waals surface area contributed by atoms with Gasteiger partial charge in [-0.05, 0) is 48.7 Å². The molecule has 0 amide bonds. The van der Waals surface area contributed by atoms with Crippen molar-refractivity contribution in [2.45, 2.75) is 31.9 Å². The molecular weight excluding hydrogens is 314 g/mol. The van der Waals surface area contributed by atoms with Crippen LogP contribution >= 0.6 is 15.9 Å². The lowest BCUT2D eigenvalue weighted by molar-refractivity contribution is 0.138. The van der Waals surface area contributed by atoms with Crippen LogP contribution in [0.2, 0.25) is 0 Å². The average molecular weight is 332 g/mol. The number of ether oxygens (including phenoxy) is 1. The minimum Gasteiger partial charge on any atom is -0.487 e. The van der Waals surface area contributed by atoms with Gasteiger partial charge in [-0.3, -0.25) is 0 Å². The van der Waals surface area contributed by atoms with Crippen molar-refractivity contribution in [3.05, 3.63) is 63.6 Å². The second-order valence-corrected chi connectivity index (χ2v) is 6.85. The van der Waals surface area contributed by atoms with Gasteiger partial charge in [-0.15, -0.1) is 0 Å². The summed E-state index contributed by atoms with van der Waals surface area (Å²) in [5.74, 6) is 0.986. The smallest absolute Gasteiger partial charge is 0.123 e. The molecule has 1 aliphatic rings. The Hall–Kier alpha value is -1.32. The van der Waals surface area contributed by atoms with Gasteiger partial charge in [0.15, 0.2) is 0 Å². The van der Waals surface area contributed by atoms with Crippen LogP contribution in [0, 0.1) is 0 Å². The van der Waals surface area contributed by atoms with E-state index in [0.29, 0.717) is 0 Å². The van der Waals surface area contributed by atoms with E-state index in [2.05, 4.69) is 54.0 Å². The molecule has 0 bridgehead atoms. The van der Waals surface area contributed by atoms with E-state index in [-0.39, 0.29) is 11.6 Å². The number of benzene rings is 2. The van der Waals surface area contributed by atoms with Crippen LogP contribution in [-0.2, 0) is 6.42 Å². The van der Waals surface area contributed by atoms with Crippen LogP contribution in [0.3, 0.4) is 0 Å². The summed E-state index contributed by atoms with van der Waals surface area (Å²) < 4.78 is 6.96. The molecule has 0 fully saturated rings. The second-order valence-electron chi connectivity index (χ2n) is 5.94. The van der Waals surface area contributed by atoms with Gasteiger partial charge in [0.05, 0.1) is 6.04 Å². The predicted octanol–water partition coefficient (Wildman–Crippen LogP) is 4.21. The third kappa shape index (κ3) is 2.60. The first-order valence-corrected chi connectivity index (χ1v) is 7.57. The zero-order valence-corrected chi connectivity index (χ0v) is 13.3. The molecule has 1 aliphatic heterocycles. The summed E-state index contributed by atoms with van der Waals surface area (Å²) in [7, 11) is 0. The Bertz CT molecular complexity index is 651.